The first kappa shape index (κ1) is 11.6. The van der Waals surface area contributed by atoms with Crippen molar-refractivity contribution < 1.29 is 13.9 Å². The van der Waals surface area contributed by atoms with Gasteiger partial charge in [-0.1, -0.05) is 6.07 Å². The number of ether oxygens (including phenoxy) is 1. The van der Waals surface area contributed by atoms with Gasteiger partial charge in [-0.25, -0.2) is 4.39 Å². The molecule has 16 heavy (non-hydrogen) atoms. The fourth-order valence-corrected chi connectivity index (χ4v) is 2.15. The summed E-state index contributed by atoms with van der Waals surface area (Å²) in [4.78, 5) is 11.2. The van der Waals surface area contributed by atoms with Crippen LogP contribution >= 0.6 is 15.9 Å². The molecular formula is C12H12BrFO2. The lowest BCUT2D eigenvalue weighted by atomic mass is 10.00. The molecule has 0 radical (unpaired) electrons. The van der Waals surface area contributed by atoms with Crippen molar-refractivity contribution >= 4 is 21.9 Å². The number of hydrogen-bond donors (Lipinski definition) is 0. The molecule has 0 N–H and O–H groups in total. The van der Waals surface area contributed by atoms with Crippen LogP contribution in [0.5, 0.6) is 0 Å². The van der Waals surface area contributed by atoms with Crippen molar-refractivity contribution in [2.45, 2.75) is 25.2 Å². The number of hydrogen-bond acceptors (Lipinski definition) is 2. The van der Waals surface area contributed by atoms with E-state index in [0.29, 0.717) is 10.0 Å². The van der Waals surface area contributed by atoms with E-state index in [1.807, 2.05) is 0 Å². The topological polar surface area (TPSA) is 26.3 Å². The minimum absolute atomic E-state index is 0.145. The van der Waals surface area contributed by atoms with Crippen LogP contribution in [0, 0.1) is 5.82 Å². The van der Waals surface area contributed by atoms with Crippen LogP contribution < -0.4 is 0 Å². The molecule has 1 fully saturated rings. The second-order valence-corrected chi connectivity index (χ2v) is 4.82. The van der Waals surface area contributed by atoms with Gasteiger partial charge in [0, 0.05) is 0 Å². The molecule has 0 bridgehead atoms. The molecule has 2 nitrogen and oxygen atoms in total. The van der Waals surface area contributed by atoms with Crippen molar-refractivity contribution in [3.05, 3.63) is 33.5 Å². The smallest absolute Gasteiger partial charge is 0.309 e. The molecule has 86 valence electrons. The summed E-state index contributed by atoms with van der Waals surface area (Å²) in [5.41, 5.74) is 1.43. The standard InChI is InChI=1S/C12H12BrFO2/c1-16-10(15)6-8-4-5-9(13)12(14)11(8)7-2-3-7/h4-5,7H,2-3,6H2,1H3. The maximum absolute atomic E-state index is 13.9. The molecule has 0 amide bonds. The Balaban J connectivity index is 2.36. The Kier molecular flexibility index (Phi) is 3.28. The number of carbonyl (C=O) groups excluding carboxylic acids is 1. The number of esters is 1. The number of halogens is 2. The first-order valence-electron chi connectivity index (χ1n) is 5.17. The van der Waals surface area contributed by atoms with E-state index < -0.39 is 0 Å². The largest absolute Gasteiger partial charge is 0.469 e. The minimum Gasteiger partial charge on any atom is -0.469 e. The molecule has 1 aliphatic carbocycles. The highest BCUT2D eigenvalue weighted by Gasteiger charge is 2.30. The summed E-state index contributed by atoms with van der Waals surface area (Å²) in [6.07, 6.45) is 2.15. The highest BCUT2D eigenvalue weighted by molar-refractivity contribution is 9.10. The van der Waals surface area contributed by atoms with E-state index in [2.05, 4.69) is 20.7 Å². The first-order valence-corrected chi connectivity index (χ1v) is 5.96. The zero-order valence-electron chi connectivity index (χ0n) is 8.93. The van der Waals surface area contributed by atoms with Gasteiger partial charge in [0.1, 0.15) is 5.82 Å². The zero-order chi connectivity index (χ0) is 11.7. The second kappa shape index (κ2) is 4.53. The third kappa shape index (κ3) is 2.26. The monoisotopic (exact) mass is 286 g/mol. The predicted molar refractivity (Wildman–Crippen MR) is 61.8 cm³/mol. The van der Waals surface area contributed by atoms with Crippen LogP contribution in [0.15, 0.2) is 16.6 Å². The number of benzene rings is 1. The Morgan fingerprint density at radius 2 is 2.25 bits per heavy atom. The van der Waals surface area contributed by atoms with Crippen LogP contribution in [0.4, 0.5) is 4.39 Å². The van der Waals surface area contributed by atoms with Crippen molar-refractivity contribution in [2.24, 2.45) is 0 Å². The third-order valence-electron chi connectivity index (χ3n) is 2.77. The summed E-state index contributed by atoms with van der Waals surface area (Å²) in [6, 6.07) is 3.43. The van der Waals surface area contributed by atoms with E-state index in [9.17, 15) is 9.18 Å². The van der Waals surface area contributed by atoms with Crippen LogP contribution in [0.1, 0.15) is 29.9 Å². The van der Waals surface area contributed by atoms with Crippen molar-refractivity contribution in [1.82, 2.24) is 0 Å². The van der Waals surface area contributed by atoms with Gasteiger partial charge in [-0.3, -0.25) is 4.79 Å². The molecule has 1 aromatic rings. The van der Waals surface area contributed by atoms with Gasteiger partial charge in [-0.05, 0) is 51.9 Å². The summed E-state index contributed by atoms with van der Waals surface area (Å²) in [7, 11) is 1.34. The molecule has 4 heteroatoms. The van der Waals surface area contributed by atoms with Gasteiger partial charge in [-0.2, -0.15) is 0 Å². The Labute approximate surface area is 102 Å². The molecule has 0 heterocycles. The summed E-state index contributed by atoms with van der Waals surface area (Å²) < 4.78 is 19.0. The normalized spacial score (nSPS) is 14.9. The Morgan fingerprint density at radius 1 is 1.56 bits per heavy atom. The summed E-state index contributed by atoms with van der Waals surface area (Å²) >= 11 is 3.17. The minimum atomic E-state index is -0.330. The lowest BCUT2D eigenvalue weighted by molar-refractivity contribution is -0.139. The molecule has 0 aromatic heterocycles. The first-order chi connectivity index (χ1) is 7.63. The average Bonchev–Trinajstić information content (AvgIpc) is 3.07. The summed E-state index contributed by atoms with van der Waals surface area (Å²) in [5, 5.41) is 0. The van der Waals surface area contributed by atoms with Crippen molar-refractivity contribution in [3.63, 3.8) is 0 Å². The van der Waals surface area contributed by atoms with Crippen LogP contribution in [0.25, 0.3) is 0 Å². The molecule has 2 rings (SSSR count). The van der Waals surface area contributed by atoms with Crippen molar-refractivity contribution in [2.75, 3.05) is 7.11 Å². The number of methoxy groups -OCH3 is 1. The Hall–Kier alpha value is -0.900. The molecule has 0 aliphatic heterocycles. The van der Waals surface area contributed by atoms with E-state index in [1.165, 1.54) is 7.11 Å². The molecule has 0 saturated heterocycles. The number of carbonyl (C=O) groups is 1. The predicted octanol–water partition coefficient (Wildman–Crippen LogP) is 3.18. The summed E-state index contributed by atoms with van der Waals surface area (Å²) in [6.45, 7) is 0. The highest BCUT2D eigenvalue weighted by Crippen LogP contribution is 2.44. The van der Waals surface area contributed by atoms with E-state index in [0.717, 1.165) is 18.4 Å². The van der Waals surface area contributed by atoms with Gasteiger partial charge >= 0.3 is 5.97 Å². The van der Waals surface area contributed by atoms with Crippen molar-refractivity contribution in [3.8, 4) is 0 Å². The third-order valence-corrected chi connectivity index (χ3v) is 3.38. The molecular weight excluding hydrogens is 275 g/mol. The quantitative estimate of drug-likeness (QED) is 0.798. The maximum atomic E-state index is 13.9. The van der Waals surface area contributed by atoms with Crippen molar-refractivity contribution in [1.29, 1.82) is 0 Å². The second-order valence-electron chi connectivity index (χ2n) is 3.96. The molecule has 1 saturated carbocycles. The van der Waals surface area contributed by atoms with Crippen LogP contribution in [-0.4, -0.2) is 13.1 Å². The average molecular weight is 287 g/mol. The molecule has 1 aromatic carbocycles. The van der Waals surface area contributed by atoms with Gasteiger partial charge in [0.05, 0.1) is 18.0 Å². The molecule has 0 unspecified atom stereocenters. The van der Waals surface area contributed by atoms with Crippen LogP contribution in [0.2, 0.25) is 0 Å². The summed E-state index contributed by atoms with van der Waals surface area (Å²) in [5.74, 6) is -0.287. The Morgan fingerprint density at radius 3 is 2.81 bits per heavy atom. The lowest BCUT2D eigenvalue weighted by Gasteiger charge is -2.10. The molecule has 0 spiro atoms. The van der Waals surface area contributed by atoms with E-state index >= 15 is 0 Å². The lowest BCUT2D eigenvalue weighted by Crippen LogP contribution is -2.08. The van der Waals surface area contributed by atoms with E-state index in [1.54, 1.807) is 12.1 Å². The van der Waals surface area contributed by atoms with Gasteiger partial charge < -0.3 is 4.74 Å². The van der Waals surface area contributed by atoms with E-state index in [-0.39, 0.29) is 24.1 Å². The SMILES string of the molecule is COC(=O)Cc1ccc(Br)c(F)c1C1CC1. The van der Waals surface area contributed by atoms with Gasteiger partial charge in [0.15, 0.2) is 0 Å². The molecule has 1 aliphatic rings. The van der Waals surface area contributed by atoms with Gasteiger partial charge in [0.2, 0.25) is 0 Å². The van der Waals surface area contributed by atoms with E-state index in [4.69, 9.17) is 0 Å². The number of rotatable bonds is 3. The van der Waals surface area contributed by atoms with Gasteiger partial charge in [-0.15, -0.1) is 0 Å². The van der Waals surface area contributed by atoms with Crippen LogP contribution in [0.3, 0.4) is 0 Å². The van der Waals surface area contributed by atoms with Gasteiger partial charge in [0.25, 0.3) is 0 Å². The fraction of sp³-hybridized carbons (Fsp3) is 0.417. The van der Waals surface area contributed by atoms with Crippen LogP contribution in [-0.2, 0) is 16.0 Å². The maximum Gasteiger partial charge on any atom is 0.309 e. The molecule has 0 atom stereocenters. The fourth-order valence-electron chi connectivity index (χ4n) is 1.80. The Bertz CT molecular complexity index is 427. The zero-order valence-corrected chi connectivity index (χ0v) is 10.5. The highest BCUT2D eigenvalue weighted by atomic mass is 79.9.